The molecule has 156 valence electrons. The molecule has 4 rings (SSSR count). The first-order chi connectivity index (χ1) is 14.8. The first-order valence-electron chi connectivity index (χ1n) is 8.92. The van der Waals surface area contributed by atoms with Crippen molar-refractivity contribution in [2.24, 2.45) is 4.99 Å². The topological polar surface area (TPSA) is 89.5 Å². The van der Waals surface area contributed by atoms with Crippen LogP contribution in [-0.2, 0) is 11.3 Å². The highest BCUT2D eigenvalue weighted by molar-refractivity contribution is 6.45. The Morgan fingerprint density at radius 3 is 2.39 bits per heavy atom. The number of ketones is 1. The molecule has 0 saturated heterocycles. The minimum atomic E-state index is -1.06. The van der Waals surface area contributed by atoms with Crippen LogP contribution in [-0.4, -0.2) is 31.2 Å². The average molecular weight is 476 g/mol. The van der Waals surface area contributed by atoms with Gasteiger partial charge in [-0.3, -0.25) is 9.59 Å². The van der Waals surface area contributed by atoms with Crippen molar-refractivity contribution >= 4 is 57.5 Å². The second-order valence-corrected chi connectivity index (χ2v) is 7.79. The molecule has 0 aliphatic rings. The van der Waals surface area contributed by atoms with Gasteiger partial charge in [-0.2, -0.15) is 4.73 Å². The van der Waals surface area contributed by atoms with Crippen molar-refractivity contribution in [3.63, 3.8) is 0 Å². The van der Waals surface area contributed by atoms with Crippen LogP contribution in [0.1, 0.15) is 15.9 Å². The molecule has 0 aliphatic carbocycles. The van der Waals surface area contributed by atoms with E-state index in [1.807, 2.05) is 18.2 Å². The monoisotopic (exact) mass is 474 g/mol. The lowest BCUT2D eigenvalue weighted by Crippen LogP contribution is -2.18. The number of pyridine rings is 2. The molecule has 3 aromatic heterocycles. The summed E-state index contributed by atoms with van der Waals surface area (Å²) in [6, 6.07) is 10.7. The number of nitrogens with zero attached hydrogens (tertiary/aromatic N) is 4. The maximum Gasteiger partial charge on any atom is 0.318 e. The van der Waals surface area contributed by atoms with Crippen LogP contribution in [0, 0.1) is 0 Å². The predicted molar refractivity (Wildman–Crippen MR) is 117 cm³/mol. The highest BCUT2D eigenvalue weighted by atomic mass is 35.5. The zero-order chi connectivity index (χ0) is 22.1. The van der Waals surface area contributed by atoms with Crippen LogP contribution in [0.15, 0.2) is 66.2 Å². The maximum absolute atomic E-state index is 12.9. The van der Waals surface area contributed by atoms with E-state index in [4.69, 9.17) is 34.8 Å². The molecule has 0 radical (unpaired) electrons. The van der Waals surface area contributed by atoms with E-state index in [0.717, 1.165) is 18.0 Å². The number of rotatable bonds is 4. The summed E-state index contributed by atoms with van der Waals surface area (Å²) in [4.78, 5) is 33.7. The molecule has 0 bridgehead atoms. The lowest BCUT2D eigenvalue weighted by Gasteiger charge is -2.06. The van der Waals surface area contributed by atoms with E-state index in [9.17, 15) is 14.8 Å². The summed E-state index contributed by atoms with van der Waals surface area (Å²) in [7, 11) is 0. The van der Waals surface area contributed by atoms with Crippen LogP contribution >= 0.6 is 34.8 Å². The van der Waals surface area contributed by atoms with Gasteiger partial charge in [0.25, 0.3) is 5.78 Å². The van der Waals surface area contributed by atoms with Gasteiger partial charge in [-0.1, -0.05) is 53.0 Å². The second kappa shape index (κ2) is 8.55. The standard InChI is InChI=1S/C21H13Cl3N4O3/c22-15-6-2-1-4-12(15)8-27-9-14(13-5-3-7-25-20(13)27)19(29)21(30)26-18-16(23)10-28(31)11-17(18)24/h1-7,9-11,31H,8H2. The Bertz CT molecular complexity index is 1380. The van der Waals surface area contributed by atoms with Gasteiger partial charge >= 0.3 is 5.91 Å². The van der Waals surface area contributed by atoms with Crippen LogP contribution in [0.5, 0.6) is 0 Å². The molecule has 0 aliphatic heterocycles. The van der Waals surface area contributed by atoms with Crippen molar-refractivity contribution < 1.29 is 14.8 Å². The largest absolute Gasteiger partial charge is 0.429 e. The number of hydrogen-bond acceptors (Lipinski definition) is 4. The molecular weight excluding hydrogens is 463 g/mol. The summed E-state index contributed by atoms with van der Waals surface area (Å²) in [5.41, 5.74) is 1.50. The summed E-state index contributed by atoms with van der Waals surface area (Å²) in [5, 5.41) is 10.2. The van der Waals surface area contributed by atoms with Crippen molar-refractivity contribution in [3.8, 4) is 0 Å². The van der Waals surface area contributed by atoms with Gasteiger partial charge in [-0.15, -0.1) is 0 Å². The minimum absolute atomic E-state index is 0.0843. The van der Waals surface area contributed by atoms with Crippen molar-refractivity contribution in [2.75, 3.05) is 0 Å². The van der Waals surface area contributed by atoms with Gasteiger partial charge in [0.2, 0.25) is 0 Å². The third kappa shape index (κ3) is 4.20. The normalized spacial score (nSPS) is 10.9. The third-order valence-electron chi connectivity index (χ3n) is 4.53. The minimum Gasteiger partial charge on any atom is -0.429 e. The van der Waals surface area contributed by atoms with Crippen LogP contribution in [0.2, 0.25) is 15.1 Å². The van der Waals surface area contributed by atoms with Gasteiger partial charge in [-0.05, 0) is 23.8 Å². The van der Waals surface area contributed by atoms with Crippen molar-refractivity contribution in [2.45, 2.75) is 6.54 Å². The van der Waals surface area contributed by atoms with E-state index in [-0.39, 0.29) is 21.0 Å². The van der Waals surface area contributed by atoms with Gasteiger partial charge in [0, 0.05) is 22.8 Å². The van der Waals surface area contributed by atoms with Gasteiger partial charge in [0.05, 0.1) is 34.5 Å². The van der Waals surface area contributed by atoms with Gasteiger partial charge in [0.15, 0.2) is 0 Å². The molecular formula is C21H13Cl3N4O3. The van der Waals surface area contributed by atoms with E-state index in [1.165, 1.54) is 0 Å². The molecule has 4 aromatic rings. The quantitative estimate of drug-likeness (QED) is 0.269. The van der Waals surface area contributed by atoms with Crippen LogP contribution in [0.3, 0.4) is 0 Å². The van der Waals surface area contributed by atoms with Crippen molar-refractivity contribution in [1.82, 2.24) is 14.3 Å². The first-order valence-corrected chi connectivity index (χ1v) is 10.1. The average Bonchev–Trinajstić information content (AvgIpc) is 3.10. The highest BCUT2D eigenvalue weighted by Crippen LogP contribution is 2.24. The SMILES string of the molecule is O=C(N=c1c(Cl)cn(O)cc1Cl)C(=O)c1cn(Cc2ccccc2Cl)c2ncccc12. The third-order valence-corrected chi connectivity index (χ3v) is 5.45. The molecule has 10 heteroatoms. The highest BCUT2D eigenvalue weighted by Gasteiger charge is 2.22. The molecule has 1 N–H and O–H groups in total. The molecule has 1 aromatic carbocycles. The summed E-state index contributed by atoms with van der Waals surface area (Å²) >= 11 is 18.2. The zero-order valence-electron chi connectivity index (χ0n) is 15.7. The summed E-state index contributed by atoms with van der Waals surface area (Å²) < 4.78 is 2.37. The number of hydrogen-bond donors (Lipinski definition) is 1. The lowest BCUT2D eigenvalue weighted by molar-refractivity contribution is -0.114. The fourth-order valence-corrected chi connectivity index (χ4v) is 3.85. The Kier molecular flexibility index (Phi) is 5.82. The number of fused-ring (bicyclic) bond motifs is 1. The van der Waals surface area contributed by atoms with Gasteiger partial charge < -0.3 is 9.77 Å². The zero-order valence-corrected chi connectivity index (χ0v) is 17.9. The van der Waals surface area contributed by atoms with Gasteiger partial charge in [0.1, 0.15) is 11.0 Å². The molecule has 0 atom stereocenters. The Hall–Kier alpha value is -3.13. The van der Waals surface area contributed by atoms with E-state index < -0.39 is 11.7 Å². The number of Topliss-reactive ketones (excluding diaryl/α,β-unsaturated/α-hetero) is 1. The van der Waals surface area contributed by atoms with E-state index in [1.54, 1.807) is 35.2 Å². The lowest BCUT2D eigenvalue weighted by atomic mass is 10.1. The summed E-state index contributed by atoms with van der Waals surface area (Å²) in [6.07, 6.45) is 5.35. The Morgan fingerprint density at radius 1 is 0.968 bits per heavy atom. The van der Waals surface area contributed by atoms with Crippen LogP contribution in [0.4, 0.5) is 0 Å². The fourth-order valence-electron chi connectivity index (χ4n) is 3.11. The van der Waals surface area contributed by atoms with Crippen molar-refractivity contribution in [3.05, 3.63) is 92.7 Å². The smallest absolute Gasteiger partial charge is 0.318 e. The molecule has 1 amide bonds. The first kappa shape index (κ1) is 21.1. The molecule has 31 heavy (non-hydrogen) atoms. The van der Waals surface area contributed by atoms with Crippen LogP contribution in [0.25, 0.3) is 11.0 Å². The molecule has 3 heterocycles. The fraction of sp³-hybridized carbons (Fsp3) is 0.0476. The molecule has 7 nitrogen and oxygen atoms in total. The molecule has 0 saturated carbocycles. The number of amides is 1. The summed E-state index contributed by atoms with van der Waals surface area (Å²) in [5.74, 6) is -1.90. The van der Waals surface area contributed by atoms with Crippen LogP contribution < -0.4 is 5.36 Å². The maximum atomic E-state index is 12.9. The Balaban J connectivity index is 1.76. The van der Waals surface area contributed by atoms with E-state index in [2.05, 4.69) is 9.98 Å². The van der Waals surface area contributed by atoms with E-state index in [0.29, 0.717) is 27.3 Å². The Morgan fingerprint density at radius 2 is 1.68 bits per heavy atom. The number of halogens is 3. The van der Waals surface area contributed by atoms with Crippen molar-refractivity contribution in [1.29, 1.82) is 0 Å². The predicted octanol–water partition coefficient (Wildman–Crippen LogP) is 4.39. The number of aromatic nitrogens is 3. The molecule has 0 spiro atoms. The molecule has 0 fully saturated rings. The van der Waals surface area contributed by atoms with Gasteiger partial charge in [-0.25, -0.2) is 9.98 Å². The Labute approximate surface area is 190 Å². The molecule has 0 unspecified atom stereocenters. The summed E-state index contributed by atoms with van der Waals surface area (Å²) in [6.45, 7) is 0.360. The number of carbonyl (C=O) groups is 2. The second-order valence-electron chi connectivity index (χ2n) is 6.57. The van der Waals surface area contributed by atoms with E-state index >= 15 is 0 Å². The number of carbonyl (C=O) groups excluding carboxylic acids is 2. The number of benzene rings is 1.